The van der Waals surface area contributed by atoms with Gasteiger partial charge >= 0.3 is 0 Å². The molecule has 0 saturated heterocycles. The number of carbonyl (C=O) groups is 2. The van der Waals surface area contributed by atoms with Crippen LogP contribution >= 0.6 is 11.6 Å². The van der Waals surface area contributed by atoms with Crippen LogP contribution in [0.4, 0.5) is 5.69 Å². The van der Waals surface area contributed by atoms with Gasteiger partial charge in [0.2, 0.25) is 11.8 Å². The largest absolute Gasteiger partial charge is 0.354 e. The third-order valence-corrected chi connectivity index (χ3v) is 8.75. The predicted molar refractivity (Wildman–Crippen MR) is 161 cm³/mol. The van der Waals surface area contributed by atoms with Crippen LogP contribution < -0.4 is 9.62 Å². The number of rotatable bonds is 12. The first kappa shape index (κ1) is 31.2. The van der Waals surface area contributed by atoms with E-state index in [4.69, 9.17) is 11.6 Å². The quantitative estimate of drug-likeness (QED) is 0.295. The van der Waals surface area contributed by atoms with E-state index in [9.17, 15) is 18.0 Å². The maximum absolute atomic E-state index is 14.1. The summed E-state index contributed by atoms with van der Waals surface area (Å²) < 4.78 is 28.8. The lowest BCUT2D eigenvalue weighted by Gasteiger charge is -2.33. The van der Waals surface area contributed by atoms with Gasteiger partial charge < -0.3 is 10.2 Å². The molecule has 0 radical (unpaired) electrons. The van der Waals surface area contributed by atoms with Crippen molar-refractivity contribution in [3.63, 3.8) is 0 Å². The number of hydrogen-bond donors (Lipinski definition) is 1. The van der Waals surface area contributed by atoms with Gasteiger partial charge in [0.25, 0.3) is 10.0 Å². The van der Waals surface area contributed by atoms with Crippen LogP contribution in [-0.2, 0) is 26.2 Å². The zero-order chi connectivity index (χ0) is 29.4. The summed E-state index contributed by atoms with van der Waals surface area (Å²) in [5, 5.41) is 3.32. The standard InChI is InChI=1S/C31H38ClN3O4S/c1-6-29(31(37)33-19-22(2)3)34(20-25-12-10-11-23(4)17-25)30(36)21-35(26-16-15-24(5)28(32)18-26)40(38,39)27-13-8-7-9-14-27/h7-18,22,29H,6,19-21H2,1-5H3,(H,33,37). The molecule has 0 aliphatic rings. The molecule has 0 saturated carbocycles. The van der Waals surface area contributed by atoms with Crippen LogP contribution in [0.5, 0.6) is 0 Å². The molecule has 0 aliphatic heterocycles. The van der Waals surface area contributed by atoms with E-state index in [1.165, 1.54) is 17.0 Å². The molecule has 0 spiro atoms. The highest BCUT2D eigenvalue weighted by Crippen LogP contribution is 2.28. The Morgan fingerprint density at radius 3 is 2.25 bits per heavy atom. The van der Waals surface area contributed by atoms with Gasteiger partial charge in [-0.05, 0) is 61.6 Å². The summed E-state index contributed by atoms with van der Waals surface area (Å²) in [4.78, 5) is 28.9. The first-order valence-corrected chi connectivity index (χ1v) is 15.2. The highest BCUT2D eigenvalue weighted by atomic mass is 35.5. The van der Waals surface area contributed by atoms with Crippen LogP contribution in [-0.4, -0.2) is 44.3 Å². The van der Waals surface area contributed by atoms with E-state index in [0.717, 1.165) is 21.0 Å². The molecule has 0 fully saturated rings. The van der Waals surface area contributed by atoms with Crippen LogP contribution in [0.15, 0.2) is 77.7 Å². The van der Waals surface area contributed by atoms with Gasteiger partial charge in [0.1, 0.15) is 12.6 Å². The Labute approximate surface area is 243 Å². The van der Waals surface area contributed by atoms with Gasteiger partial charge in [-0.25, -0.2) is 8.42 Å². The van der Waals surface area contributed by atoms with E-state index in [-0.39, 0.29) is 29.0 Å². The Morgan fingerprint density at radius 2 is 1.65 bits per heavy atom. The number of aryl methyl sites for hydroxylation is 2. The Bertz CT molecular complexity index is 1430. The SMILES string of the molecule is CCC(C(=O)NCC(C)C)N(Cc1cccc(C)c1)C(=O)CN(c1ccc(C)c(Cl)c1)S(=O)(=O)c1ccccc1. The summed E-state index contributed by atoms with van der Waals surface area (Å²) in [6.07, 6.45) is 0.364. The number of hydrogen-bond acceptors (Lipinski definition) is 4. The molecule has 0 aliphatic carbocycles. The number of amides is 2. The smallest absolute Gasteiger partial charge is 0.264 e. The third-order valence-electron chi connectivity index (χ3n) is 6.56. The summed E-state index contributed by atoms with van der Waals surface area (Å²) in [5.74, 6) is -0.530. The van der Waals surface area contributed by atoms with Crippen LogP contribution in [0.3, 0.4) is 0 Å². The molecule has 0 bridgehead atoms. The first-order valence-electron chi connectivity index (χ1n) is 13.4. The number of carbonyl (C=O) groups excluding carboxylic acids is 2. The molecule has 9 heteroatoms. The summed E-state index contributed by atoms with van der Waals surface area (Å²) in [6.45, 7) is 9.73. The number of nitrogens with one attached hydrogen (secondary N) is 1. The van der Waals surface area contributed by atoms with E-state index in [2.05, 4.69) is 5.32 Å². The van der Waals surface area contributed by atoms with E-state index in [1.54, 1.807) is 36.4 Å². The second kappa shape index (κ2) is 13.8. The molecule has 3 aromatic rings. The van der Waals surface area contributed by atoms with Gasteiger partial charge in [-0.2, -0.15) is 0 Å². The molecule has 40 heavy (non-hydrogen) atoms. The molecule has 3 rings (SSSR count). The third kappa shape index (κ3) is 7.86. The van der Waals surface area contributed by atoms with Gasteiger partial charge in [0.05, 0.1) is 10.6 Å². The summed E-state index contributed by atoms with van der Waals surface area (Å²) >= 11 is 6.38. The molecule has 0 aromatic heterocycles. The van der Waals surface area contributed by atoms with Crippen LogP contribution in [0.25, 0.3) is 0 Å². The molecular formula is C31H38ClN3O4S. The Morgan fingerprint density at radius 1 is 0.950 bits per heavy atom. The zero-order valence-corrected chi connectivity index (χ0v) is 25.3. The van der Waals surface area contributed by atoms with Gasteiger partial charge in [-0.1, -0.05) is 86.5 Å². The monoisotopic (exact) mass is 583 g/mol. The molecule has 0 heterocycles. The molecule has 3 aromatic carbocycles. The van der Waals surface area contributed by atoms with E-state index in [1.807, 2.05) is 58.9 Å². The first-order chi connectivity index (χ1) is 18.9. The second-order valence-corrected chi connectivity index (χ2v) is 12.6. The Balaban J connectivity index is 2.06. The Kier molecular flexibility index (Phi) is 10.8. The average molecular weight is 584 g/mol. The fourth-order valence-corrected chi connectivity index (χ4v) is 5.94. The fraction of sp³-hybridized carbons (Fsp3) is 0.355. The number of nitrogens with zero attached hydrogens (tertiary/aromatic N) is 2. The van der Waals surface area contributed by atoms with Crippen molar-refractivity contribution in [3.05, 3.63) is 94.5 Å². The highest BCUT2D eigenvalue weighted by molar-refractivity contribution is 7.92. The minimum atomic E-state index is -4.14. The minimum Gasteiger partial charge on any atom is -0.354 e. The number of anilines is 1. The van der Waals surface area contributed by atoms with E-state index in [0.29, 0.717) is 18.0 Å². The van der Waals surface area contributed by atoms with Gasteiger partial charge in [-0.3, -0.25) is 13.9 Å². The van der Waals surface area contributed by atoms with E-state index < -0.39 is 28.5 Å². The molecule has 1 atom stereocenters. The van der Waals surface area contributed by atoms with Crippen molar-refractivity contribution in [2.24, 2.45) is 5.92 Å². The van der Waals surface area contributed by atoms with Crippen molar-refractivity contribution in [3.8, 4) is 0 Å². The average Bonchev–Trinajstić information content (AvgIpc) is 2.92. The van der Waals surface area contributed by atoms with Gasteiger partial charge in [0, 0.05) is 18.1 Å². The van der Waals surface area contributed by atoms with Crippen molar-refractivity contribution < 1.29 is 18.0 Å². The topological polar surface area (TPSA) is 86.8 Å². The summed E-state index contributed by atoms with van der Waals surface area (Å²) in [7, 11) is -4.14. The van der Waals surface area contributed by atoms with Gasteiger partial charge in [-0.15, -0.1) is 0 Å². The number of sulfonamides is 1. The lowest BCUT2D eigenvalue weighted by Crippen LogP contribution is -2.52. The van der Waals surface area contributed by atoms with Crippen molar-refractivity contribution in [2.75, 3.05) is 17.4 Å². The lowest BCUT2D eigenvalue weighted by atomic mass is 10.1. The molecule has 2 amide bonds. The van der Waals surface area contributed by atoms with Crippen molar-refractivity contribution in [1.82, 2.24) is 10.2 Å². The summed E-state index contributed by atoms with van der Waals surface area (Å²) in [5.41, 5.74) is 2.91. The summed E-state index contributed by atoms with van der Waals surface area (Å²) in [6, 6.07) is 19.8. The molecule has 1 N–H and O–H groups in total. The number of benzene rings is 3. The minimum absolute atomic E-state index is 0.0476. The maximum Gasteiger partial charge on any atom is 0.264 e. The van der Waals surface area contributed by atoms with Gasteiger partial charge in [0.15, 0.2) is 0 Å². The fourth-order valence-electron chi connectivity index (χ4n) is 4.33. The number of halogens is 1. The van der Waals surface area contributed by atoms with Crippen molar-refractivity contribution in [2.45, 2.75) is 58.5 Å². The molecule has 7 nitrogen and oxygen atoms in total. The van der Waals surface area contributed by atoms with Crippen molar-refractivity contribution >= 4 is 39.1 Å². The van der Waals surface area contributed by atoms with Crippen LogP contribution in [0.2, 0.25) is 5.02 Å². The Hall–Kier alpha value is -3.36. The predicted octanol–water partition coefficient (Wildman–Crippen LogP) is 5.73. The maximum atomic E-state index is 14.1. The van der Waals surface area contributed by atoms with E-state index >= 15 is 0 Å². The zero-order valence-electron chi connectivity index (χ0n) is 23.7. The van der Waals surface area contributed by atoms with Crippen LogP contribution in [0.1, 0.15) is 43.9 Å². The van der Waals surface area contributed by atoms with Crippen LogP contribution in [0, 0.1) is 19.8 Å². The molecule has 1 unspecified atom stereocenters. The highest BCUT2D eigenvalue weighted by Gasteiger charge is 2.33. The van der Waals surface area contributed by atoms with Crippen molar-refractivity contribution in [1.29, 1.82) is 0 Å². The second-order valence-electron chi connectivity index (χ2n) is 10.3. The lowest BCUT2D eigenvalue weighted by molar-refractivity contribution is -0.140. The normalized spacial score (nSPS) is 12.2. The molecule has 214 valence electrons. The molecular weight excluding hydrogens is 546 g/mol.